The minimum Gasteiger partial charge on any atom is -0.382 e. The second-order valence-electron chi connectivity index (χ2n) is 6.34. The molecule has 23 heavy (non-hydrogen) atoms. The largest absolute Gasteiger partial charge is 0.382 e. The van der Waals surface area contributed by atoms with Crippen LogP contribution in [0.2, 0.25) is 0 Å². The summed E-state index contributed by atoms with van der Waals surface area (Å²) in [6.45, 7) is 6.53. The average molecular weight is 314 g/mol. The number of carbonyl (C=O) groups excluding carboxylic acids is 1. The highest BCUT2D eigenvalue weighted by Gasteiger charge is 2.29. The molecule has 2 heterocycles. The van der Waals surface area contributed by atoms with Gasteiger partial charge in [-0.3, -0.25) is 9.48 Å². The molecule has 2 aromatic rings. The van der Waals surface area contributed by atoms with Gasteiger partial charge in [-0.1, -0.05) is 30.6 Å². The third-order valence-electron chi connectivity index (χ3n) is 4.16. The van der Waals surface area contributed by atoms with Crippen molar-refractivity contribution in [2.45, 2.75) is 39.8 Å². The Morgan fingerprint density at radius 1 is 1.48 bits per heavy atom. The van der Waals surface area contributed by atoms with Gasteiger partial charge in [0.15, 0.2) is 0 Å². The minimum atomic E-state index is -0.524. The molecular formula is C17H22N4O2. The van der Waals surface area contributed by atoms with Gasteiger partial charge in [0.2, 0.25) is 6.10 Å². The number of benzene rings is 1. The lowest BCUT2D eigenvalue weighted by molar-refractivity contribution is -0.131. The van der Waals surface area contributed by atoms with Crippen LogP contribution in [0.15, 0.2) is 23.4 Å². The Morgan fingerprint density at radius 3 is 2.96 bits per heavy atom. The third kappa shape index (κ3) is 3.06. The summed E-state index contributed by atoms with van der Waals surface area (Å²) in [6.07, 6.45) is 0.0371. The molecule has 0 fully saturated rings. The smallest absolute Gasteiger partial charge is 0.264 e. The van der Waals surface area contributed by atoms with Crippen molar-refractivity contribution >= 4 is 22.5 Å². The Kier molecular flexibility index (Phi) is 4.07. The van der Waals surface area contributed by atoms with E-state index in [2.05, 4.69) is 27.7 Å². The molecule has 0 saturated carbocycles. The summed E-state index contributed by atoms with van der Waals surface area (Å²) >= 11 is 0. The van der Waals surface area contributed by atoms with Crippen molar-refractivity contribution in [1.29, 1.82) is 0 Å². The Morgan fingerprint density at radius 2 is 2.26 bits per heavy atom. The van der Waals surface area contributed by atoms with Crippen LogP contribution < -0.4 is 5.32 Å². The number of fused-ring (bicyclic) bond motifs is 1. The lowest BCUT2D eigenvalue weighted by Crippen LogP contribution is -2.34. The molecule has 6 heteroatoms. The number of hydrogen-bond donors (Lipinski definition) is 1. The molecule has 3 rings (SSSR count). The maximum Gasteiger partial charge on any atom is 0.264 e. The van der Waals surface area contributed by atoms with Crippen LogP contribution in [0.1, 0.15) is 31.5 Å². The van der Waals surface area contributed by atoms with Crippen LogP contribution in [0.5, 0.6) is 0 Å². The van der Waals surface area contributed by atoms with Crippen molar-refractivity contribution in [2.75, 3.05) is 0 Å². The normalized spacial score (nSPS) is 17.4. The summed E-state index contributed by atoms with van der Waals surface area (Å²) in [4.78, 5) is 17.5. The molecule has 122 valence electrons. The molecule has 0 aliphatic carbocycles. The SMILES string of the molecule is Cc1ccc2c(c1)c(CNC(=O)[C@@H]1CC(C(C)C)=NO1)nn2C. The highest BCUT2D eigenvalue weighted by Crippen LogP contribution is 2.20. The lowest BCUT2D eigenvalue weighted by atomic mass is 10.0. The van der Waals surface area contributed by atoms with Gasteiger partial charge in [-0.2, -0.15) is 5.10 Å². The molecule has 1 N–H and O–H groups in total. The molecule has 0 saturated heterocycles. The molecule has 1 amide bonds. The van der Waals surface area contributed by atoms with Crippen molar-refractivity contribution < 1.29 is 9.63 Å². The fourth-order valence-corrected chi connectivity index (χ4v) is 2.74. The van der Waals surface area contributed by atoms with Gasteiger partial charge < -0.3 is 10.2 Å². The second kappa shape index (κ2) is 6.02. The van der Waals surface area contributed by atoms with E-state index in [9.17, 15) is 4.79 Å². The fraction of sp³-hybridized carbons (Fsp3) is 0.471. The van der Waals surface area contributed by atoms with Gasteiger partial charge in [0, 0.05) is 18.9 Å². The predicted octanol–water partition coefficient (Wildman–Crippen LogP) is 2.30. The van der Waals surface area contributed by atoms with Crippen molar-refractivity contribution in [1.82, 2.24) is 15.1 Å². The molecule has 1 atom stereocenters. The first kappa shape index (κ1) is 15.5. The Hall–Kier alpha value is -2.37. The number of nitrogens with one attached hydrogen (secondary N) is 1. The number of rotatable bonds is 4. The fourth-order valence-electron chi connectivity index (χ4n) is 2.74. The highest BCUT2D eigenvalue weighted by atomic mass is 16.6. The van der Waals surface area contributed by atoms with E-state index < -0.39 is 6.10 Å². The number of hydrogen-bond acceptors (Lipinski definition) is 4. The maximum absolute atomic E-state index is 12.3. The van der Waals surface area contributed by atoms with Gasteiger partial charge in [0.25, 0.3) is 5.91 Å². The van der Waals surface area contributed by atoms with Crippen LogP contribution in [0.4, 0.5) is 0 Å². The molecular weight excluding hydrogens is 292 g/mol. The average Bonchev–Trinajstić information content (AvgIpc) is 3.10. The Balaban J connectivity index is 1.67. The molecule has 1 aliphatic rings. The highest BCUT2D eigenvalue weighted by molar-refractivity contribution is 5.94. The van der Waals surface area contributed by atoms with Crippen LogP contribution >= 0.6 is 0 Å². The number of oxime groups is 1. The summed E-state index contributed by atoms with van der Waals surface area (Å²) in [7, 11) is 1.91. The summed E-state index contributed by atoms with van der Waals surface area (Å²) in [5, 5.41) is 12.5. The Bertz CT molecular complexity index is 776. The van der Waals surface area contributed by atoms with Gasteiger partial charge >= 0.3 is 0 Å². The zero-order valence-electron chi connectivity index (χ0n) is 14.0. The molecule has 0 radical (unpaired) electrons. The van der Waals surface area contributed by atoms with Gasteiger partial charge in [-0.15, -0.1) is 0 Å². The van der Waals surface area contributed by atoms with Crippen molar-refractivity contribution in [3.63, 3.8) is 0 Å². The number of aromatic nitrogens is 2. The standard InChI is InChI=1S/C17H22N4O2/c1-10(2)13-8-16(23-20-13)17(22)18-9-14-12-7-11(3)5-6-15(12)21(4)19-14/h5-7,10,16H,8-9H2,1-4H3,(H,18,22)/t16-/m0/s1. The quantitative estimate of drug-likeness (QED) is 0.941. The molecule has 1 aliphatic heterocycles. The van der Waals surface area contributed by atoms with E-state index in [1.807, 2.05) is 38.6 Å². The first-order valence-corrected chi connectivity index (χ1v) is 7.88. The van der Waals surface area contributed by atoms with Crippen molar-refractivity contribution in [3.05, 3.63) is 29.5 Å². The van der Waals surface area contributed by atoms with Crippen LogP contribution in [0, 0.1) is 12.8 Å². The van der Waals surface area contributed by atoms with Crippen LogP contribution in [-0.2, 0) is 23.2 Å². The summed E-state index contributed by atoms with van der Waals surface area (Å²) in [5.74, 6) is 0.159. The first-order valence-electron chi connectivity index (χ1n) is 7.88. The Labute approximate surface area is 135 Å². The molecule has 0 bridgehead atoms. The van der Waals surface area contributed by atoms with E-state index in [0.29, 0.717) is 18.9 Å². The summed E-state index contributed by atoms with van der Waals surface area (Å²) < 4.78 is 1.84. The number of amides is 1. The number of nitrogens with zero attached hydrogens (tertiary/aromatic N) is 3. The van der Waals surface area contributed by atoms with Gasteiger partial charge in [0.1, 0.15) is 0 Å². The number of carbonyl (C=O) groups is 1. The topological polar surface area (TPSA) is 68.5 Å². The van der Waals surface area contributed by atoms with Crippen molar-refractivity contribution in [2.24, 2.45) is 18.1 Å². The van der Waals surface area contributed by atoms with E-state index >= 15 is 0 Å². The first-order chi connectivity index (χ1) is 11.0. The minimum absolute atomic E-state index is 0.143. The summed E-state index contributed by atoms with van der Waals surface area (Å²) in [6, 6.07) is 6.20. The second-order valence-corrected chi connectivity index (χ2v) is 6.34. The van der Waals surface area contributed by atoms with E-state index in [0.717, 1.165) is 22.3 Å². The molecule has 6 nitrogen and oxygen atoms in total. The summed E-state index contributed by atoms with van der Waals surface area (Å²) in [5.41, 5.74) is 4.03. The zero-order valence-corrected chi connectivity index (χ0v) is 14.0. The number of aryl methyl sites for hydroxylation is 2. The van der Waals surface area contributed by atoms with E-state index in [4.69, 9.17) is 4.84 Å². The van der Waals surface area contributed by atoms with Crippen molar-refractivity contribution in [3.8, 4) is 0 Å². The monoisotopic (exact) mass is 314 g/mol. The van der Waals surface area contributed by atoms with Crippen LogP contribution in [-0.4, -0.2) is 27.5 Å². The predicted molar refractivity (Wildman–Crippen MR) is 89.1 cm³/mol. The molecule has 0 spiro atoms. The van der Waals surface area contributed by atoms with E-state index in [1.165, 1.54) is 5.56 Å². The van der Waals surface area contributed by atoms with E-state index in [-0.39, 0.29) is 5.91 Å². The molecule has 1 aromatic carbocycles. The van der Waals surface area contributed by atoms with Gasteiger partial charge in [0.05, 0.1) is 23.5 Å². The molecule has 1 aromatic heterocycles. The van der Waals surface area contributed by atoms with Crippen LogP contribution in [0.3, 0.4) is 0 Å². The van der Waals surface area contributed by atoms with Gasteiger partial charge in [-0.25, -0.2) is 0 Å². The van der Waals surface area contributed by atoms with Gasteiger partial charge in [-0.05, 0) is 25.0 Å². The van der Waals surface area contributed by atoms with E-state index in [1.54, 1.807) is 0 Å². The maximum atomic E-state index is 12.3. The third-order valence-corrected chi connectivity index (χ3v) is 4.16. The van der Waals surface area contributed by atoms with Crippen LogP contribution in [0.25, 0.3) is 10.9 Å². The lowest BCUT2D eigenvalue weighted by Gasteiger charge is -2.09. The zero-order chi connectivity index (χ0) is 16.6. The molecule has 0 unspecified atom stereocenters.